The van der Waals surface area contributed by atoms with E-state index in [0.717, 1.165) is 11.1 Å². The highest BCUT2D eigenvalue weighted by atomic mass is 35.5. The zero-order valence-electron chi connectivity index (χ0n) is 15.4. The minimum Gasteiger partial charge on any atom is -0.436 e. The molecule has 0 atom stereocenters. The number of oxazole rings is 1. The Morgan fingerprint density at radius 2 is 1.79 bits per heavy atom. The van der Waals surface area contributed by atoms with Gasteiger partial charge < -0.3 is 8.60 Å². The maximum Gasteiger partial charge on any atom is 0.340 e. The lowest BCUT2D eigenvalue weighted by Gasteiger charge is -2.11. The SMILES string of the molecule is Cc1ccc(OS(=O)(=O)c2ccc(Cl)cc2Cl)c(-c2nc3c(C)cccc3o2)c1. The van der Waals surface area contributed by atoms with Crippen LogP contribution in [0.2, 0.25) is 10.0 Å². The number of rotatable bonds is 4. The molecular weight excluding hydrogens is 433 g/mol. The van der Waals surface area contributed by atoms with Crippen molar-refractivity contribution in [2.24, 2.45) is 0 Å². The molecule has 0 aliphatic heterocycles. The Bertz CT molecular complexity index is 1350. The van der Waals surface area contributed by atoms with Crippen molar-refractivity contribution >= 4 is 44.4 Å². The first-order valence-corrected chi connectivity index (χ1v) is 10.8. The van der Waals surface area contributed by atoms with E-state index < -0.39 is 10.1 Å². The van der Waals surface area contributed by atoms with Gasteiger partial charge in [0.05, 0.1) is 10.6 Å². The van der Waals surface area contributed by atoms with E-state index in [9.17, 15) is 8.42 Å². The van der Waals surface area contributed by atoms with Gasteiger partial charge in [0.25, 0.3) is 0 Å². The molecule has 0 amide bonds. The maximum atomic E-state index is 12.8. The largest absolute Gasteiger partial charge is 0.436 e. The molecule has 0 spiro atoms. The number of para-hydroxylation sites is 1. The van der Waals surface area contributed by atoms with Gasteiger partial charge >= 0.3 is 10.1 Å². The Morgan fingerprint density at radius 1 is 1.00 bits per heavy atom. The summed E-state index contributed by atoms with van der Waals surface area (Å²) in [5.41, 5.74) is 3.59. The minimum atomic E-state index is -4.20. The molecule has 0 fully saturated rings. The molecule has 0 saturated heterocycles. The van der Waals surface area contributed by atoms with Crippen LogP contribution in [0.1, 0.15) is 11.1 Å². The fourth-order valence-electron chi connectivity index (χ4n) is 2.93. The summed E-state index contributed by atoms with van der Waals surface area (Å²) in [7, 11) is -4.20. The van der Waals surface area contributed by atoms with Gasteiger partial charge in [0.2, 0.25) is 5.89 Å². The first kappa shape index (κ1) is 19.8. The van der Waals surface area contributed by atoms with E-state index in [1.807, 2.05) is 26.0 Å². The smallest absolute Gasteiger partial charge is 0.340 e. The standard InChI is InChI=1S/C21H15Cl2NO4S/c1-12-6-8-17(28-29(25,26)19-9-7-14(22)11-16(19)23)15(10-12)21-24-20-13(2)4-3-5-18(20)27-21/h3-11H,1-2H3. The summed E-state index contributed by atoms with van der Waals surface area (Å²) >= 11 is 11.9. The highest BCUT2D eigenvalue weighted by Gasteiger charge is 2.24. The quantitative estimate of drug-likeness (QED) is 0.349. The number of fused-ring (bicyclic) bond motifs is 1. The van der Waals surface area contributed by atoms with Crippen LogP contribution in [0.25, 0.3) is 22.6 Å². The highest BCUT2D eigenvalue weighted by molar-refractivity contribution is 7.87. The molecule has 1 aromatic heterocycles. The summed E-state index contributed by atoms with van der Waals surface area (Å²) in [6.45, 7) is 3.81. The first-order chi connectivity index (χ1) is 13.7. The van der Waals surface area contributed by atoms with Crippen LogP contribution in [0.5, 0.6) is 5.75 Å². The van der Waals surface area contributed by atoms with Crippen molar-refractivity contribution in [1.29, 1.82) is 0 Å². The average Bonchev–Trinajstić information content (AvgIpc) is 3.08. The molecular formula is C21H15Cl2NO4S. The van der Waals surface area contributed by atoms with Crippen LogP contribution >= 0.6 is 23.2 Å². The lowest BCUT2D eigenvalue weighted by molar-refractivity contribution is 0.485. The maximum absolute atomic E-state index is 12.8. The molecule has 3 aromatic carbocycles. The lowest BCUT2D eigenvalue weighted by atomic mass is 10.1. The van der Waals surface area contributed by atoms with E-state index in [2.05, 4.69) is 4.98 Å². The van der Waals surface area contributed by atoms with Crippen molar-refractivity contribution in [2.75, 3.05) is 0 Å². The molecule has 4 rings (SSSR count). The van der Waals surface area contributed by atoms with E-state index in [1.54, 1.807) is 24.3 Å². The monoisotopic (exact) mass is 447 g/mol. The lowest BCUT2D eigenvalue weighted by Crippen LogP contribution is -2.11. The first-order valence-electron chi connectivity index (χ1n) is 8.61. The van der Waals surface area contributed by atoms with Crippen molar-refractivity contribution in [3.05, 3.63) is 75.8 Å². The number of benzene rings is 3. The molecule has 0 unspecified atom stereocenters. The van der Waals surface area contributed by atoms with Crippen LogP contribution in [0.3, 0.4) is 0 Å². The van der Waals surface area contributed by atoms with Crippen LogP contribution in [0.4, 0.5) is 0 Å². The van der Waals surface area contributed by atoms with Gasteiger partial charge in [0, 0.05) is 5.02 Å². The minimum absolute atomic E-state index is 0.0244. The topological polar surface area (TPSA) is 69.4 Å². The van der Waals surface area contributed by atoms with E-state index in [-0.39, 0.29) is 21.6 Å². The average molecular weight is 448 g/mol. The molecule has 0 aliphatic rings. The van der Waals surface area contributed by atoms with Crippen LogP contribution in [-0.2, 0) is 10.1 Å². The van der Waals surface area contributed by atoms with E-state index >= 15 is 0 Å². The normalized spacial score (nSPS) is 11.7. The van der Waals surface area contributed by atoms with Gasteiger partial charge in [-0.1, -0.05) is 47.0 Å². The Balaban J connectivity index is 1.82. The number of nitrogens with zero attached hydrogens (tertiary/aromatic N) is 1. The number of hydrogen-bond acceptors (Lipinski definition) is 5. The Kier molecular flexibility index (Phi) is 5.02. The van der Waals surface area contributed by atoms with Crippen molar-refractivity contribution in [3.63, 3.8) is 0 Å². The molecule has 5 nitrogen and oxygen atoms in total. The van der Waals surface area contributed by atoms with Gasteiger partial charge in [-0.25, -0.2) is 4.98 Å². The fourth-order valence-corrected chi connectivity index (χ4v) is 4.62. The van der Waals surface area contributed by atoms with Crippen LogP contribution < -0.4 is 4.18 Å². The Hall–Kier alpha value is -2.54. The molecule has 4 aromatic rings. The summed E-state index contributed by atoms with van der Waals surface area (Å²) < 4.78 is 36.9. The third kappa shape index (κ3) is 3.83. The summed E-state index contributed by atoms with van der Waals surface area (Å²) in [5.74, 6) is 0.358. The van der Waals surface area contributed by atoms with E-state index in [4.69, 9.17) is 31.8 Å². The summed E-state index contributed by atoms with van der Waals surface area (Å²) in [6.07, 6.45) is 0. The zero-order valence-corrected chi connectivity index (χ0v) is 17.8. The molecule has 1 heterocycles. The summed E-state index contributed by atoms with van der Waals surface area (Å²) in [4.78, 5) is 4.35. The van der Waals surface area contributed by atoms with Crippen molar-refractivity contribution < 1.29 is 17.0 Å². The van der Waals surface area contributed by atoms with Gasteiger partial charge in [0.1, 0.15) is 10.4 Å². The van der Waals surface area contributed by atoms with Gasteiger partial charge in [-0.2, -0.15) is 8.42 Å². The van der Waals surface area contributed by atoms with Crippen molar-refractivity contribution in [3.8, 4) is 17.2 Å². The highest BCUT2D eigenvalue weighted by Crippen LogP contribution is 2.36. The predicted octanol–water partition coefficient (Wildman–Crippen LogP) is 6.19. The van der Waals surface area contributed by atoms with Gasteiger partial charge in [-0.05, 0) is 55.8 Å². The van der Waals surface area contributed by atoms with Crippen LogP contribution in [0.15, 0.2) is 63.9 Å². The van der Waals surface area contributed by atoms with Crippen LogP contribution in [0, 0.1) is 13.8 Å². The predicted molar refractivity (Wildman–Crippen MR) is 113 cm³/mol. The Labute approximate surface area is 178 Å². The summed E-state index contributed by atoms with van der Waals surface area (Å²) in [6, 6.07) is 14.7. The van der Waals surface area contributed by atoms with Crippen molar-refractivity contribution in [1.82, 2.24) is 4.98 Å². The summed E-state index contributed by atoms with van der Waals surface area (Å²) in [5, 5.41) is 0.301. The zero-order chi connectivity index (χ0) is 20.8. The van der Waals surface area contributed by atoms with Gasteiger partial charge in [-0.15, -0.1) is 0 Å². The Morgan fingerprint density at radius 3 is 2.52 bits per heavy atom. The molecule has 148 valence electrons. The molecule has 0 saturated carbocycles. The van der Waals surface area contributed by atoms with E-state index in [1.165, 1.54) is 18.2 Å². The second kappa shape index (κ2) is 7.37. The molecule has 29 heavy (non-hydrogen) atoms. The number of halogens is 2. The van der Waals surface area contributed by atoms with E-state index in [0.29, 0.717) is 21.7 Å². The number of hydrogen-bond donors (Lipinski definition) is 0. The van der Waals surface area contributed by atoms with Gasteiger partial charge in [0.15, 0.2) is 11.3 Å². The van der Waals surface area contributed by atoms with Gasteiger partial charge in [-0.3, -0.25) is 0 Å². The fraction of sp³-hybridized carbons (Fsp3) is 0.0952. The molecule has 0 N–H and O–H groups in total. The second-order valence-electron chi connectivity index (χ2n) is 6.55. The molecule has 0 radical (unpaired) electrons. The third-order valence-corrected chi connectivity index (χ3v) is 6.30. The van der Waals surface area contributed by atoms with Crippen molar-refractivity contribution in [2.45, 2.75) is 18.7 Å². The molecule has 8 heteroatoms. The number of aryl methyl sites for hydroxylation is 2. The van der Waals surface area contributed by atoms with Crippen LogP contribution in [-0.4, -0.2) is 13.4 Å². The molecule has 0 bridgehead atoms. The third-order valence-electron chi connectivity index (χ3n) is 4.35. The molecule has 0 aliphatic carbocycles. The number of aromatic nitrogens is 1. The second-order valence-corrected chi connectivity index (χ2v) is 8.91.